The second-order valence-corrected chi connectivity index (χ2v) is 9.74. The molecule has 0 saturated heterocycles. The van der Waals surface area contributed by atoms with E-state index in [0.717, 1.165) is 22.1 Å². The molecular weight excluding hydrogens is 538 g/mol. The van der Waals surface area contributed by atoms with Crippen molar-refractivity contribution in [2.24, 2.45) is 0 Å². The number of benzene rings is 3. The molecule has 1 aliphatic rings. The summed E-state index contributed by atoms with van der Waals surface area (Å²) in [6, 6.07) is 21.7. The van der Waals surface area contributed by atoms with E-state index >= 15 is 0 Å². The quantitative estimate of drug-likeness (QED) is 0.145. The summed E-state index contributed by atoms with van der Waals surface area (Å²) >= 11 is 0. The Balaban J connectivity index is 1.23. The Morgan fingerprint density at radius 1 is 0.952 bits per heavy atom. The van der Waals surface area contributed by atoms with Crippen LogP contribution in [-0.4, -0.2) is 49.6 Å². The summed E-state index contributed by atoms with van der Waals surface area (Å²) in [5.74, 6) is -0.703. The largest absolute Gasteiger partial charge is 0.464 e. The number of nitrogen functional groups attached to an aromatic ring is 1. The topological polar surface area (TPSA) is 145 Å². The minimum absolute atomic E-state index is 0.0681. The van der Waals surface area contributed by atoms with Gasteiger partial charge in [-0.3, -0.25) is 9.59 Å². The number of fused-ring (bicyclic) bond motifs is 1. The number of anilines is 2. The average molecular weight is 572 g/mol. The number of hydrogen-bond acceptors (Lipinski definition) is 8. The zero-order valence-corrected chi connectivity index (χ0v) is 23.0. The number of amides is 2. The molecule has 0 fully saturated rings. The Hall–Kier alpha value is -4.64. The Kier molecular flexibility index (Phi) is 9.50. The summed E-state index contributed by atoms with van der Waals surface area (Å²) in [5.41, 5.74) is 9.91. The van der Waals surface area contributed by atoms with Gasteiger partial charge >= 0.3 is 0 Å². The number of ether oxygens (including phenoxy) is 3. The van der Waals surface area contributed by atoms with Crippen molar-refractivity contribution in [3.05, 3.63) is 108 Å². The van der Waals surface area contributed by atoms with Gasteiger partial charge in [-0.15, -0.1) is 0 Å². The van der Waals surface area contributed by atoms with E-state index in [1.54, 1.807) is 60.9 Å². The molecule has 1 aromatic heterocycles. The molecule has 2 unspecified atom stereocenters. The molecule has 4 aromatic rings. The molecular formula is C32H33N3O7. The molecule has 218 valence electrons. The summed E-state index contributed by atoms with van der Waals surface area (Å²) in [6.07, 6.45) is 3.30. The highest BCUT2D eigenvalue weighted by atomic mass is 16.7. The number of para-hydroxylation sites is 3. The Morgan fingerprint density at radius 2 is 1.74 bits per heavy atom. The van der Waals surface area contributed by atoms with Crippen LogP contribution in [0.1, 0.15) is 33.8 Å². The number of rotatable bonds is 12. The second kappa shape index (κ2) is 13.8. The molecule has 0 saturated carbocycles. The number of furan rings is 1. The summed E-state index contributed by atoms with van der Waals surface area (Å²) < 4.78 is 22.8. The smallest absolute Gasteiger partial charge is 0.286 e. The summed E-state index contributed by atoms with van der Waals surface area (Å²) in [5, 5.41) is 15.6. The van der Waals surface area contributed by atoms with Crippen LogP contribution in [0.2, 0.25) is 0 Å². The van der Waals surface area contributed by atoms with Gasteiger partial charge in [0.15, 0.2) is 5.76 Å². The molecule has 0 radical (unpaired) electrons. The van der Waals surface area contributed by atoms with Crippen LogP contribution in [0.15, 0.2) is 95.3 Å². The van der Waals surface area contributed by atoms with Crippen LogP contribution in [0.4, 0.5) is 11.4 Å². The lowest BCUT2D eigenvalue weighted by Gasteiger charge is -2.29. The SMILES string of the molecule is Nc1ccccc1NC(=O)c1ccc(CNC(=O)C2=CC(c3coc4ccccc34)CC(OCCOCCO)O2)cc1. The van der Waals surface area contributed by atoms with E-state index in [-0.39, 0.29) is 56.5 Å². The second-order valence-electron chi connectivity index (χ2n) is 9.74. The Labute approximate surface area is 243 Å². The maximum Gasteiger partial charge on any atom is 0.286 e. The highest BCUT2D eigenvalue weighted by molar-refractivity contribution is 6.05. The molecule has 2 atom stereocenters. The molecule has 0 aliphatic carbocycles. The Morgan fingerprint density at radius 3 is 2.55 bits per heavy atom. The van der Waals surface area contributed by atoms with E-state index in [4.69, 9.17) is 29.5 Å². The van der Waals surface area contributed by atoms with Gasteiger partial charge in [-0.05, 0) is 42.0 Å². The van der Waals surface area contributed by atoms with Crippen molar-refractivity contribution < 1.29 is 33.3 Å². The van der Waals surface area contributed by atoms with E-state index in [2.05, 4.69) is 10.6 Å². The van der Waals surface area contributed by atoms with Crippen molar-refractivity contribution in [1.29, 1.82) is 0 Å². The van der Waals surface area contributed by atoms with Crippen LogP contribution in [0.25, 0.3) is 11.0 Å². The zero-order valence-electron chi connectivity index (χ0n) is 23.0. The van der Waals surface area contributed by atoms with E-state index in [0.29, 0.717) is 23.4 Å². The van der Waals surface area contributed by atoms with Gasteiger partial charge < -0.3 is 40.1 Å². The standard InChI is InChI=1S/C32H33N3O7/c33-26-6-2-3-7-27(26)35-31(37)22-11-9-21(10-12-22)19-34-32(38)29-17-23(18-30(42-29)40-16-15-39-14-13-36)25-20-41-28-8-4-1-5-24(25)28/h1-12,17,20,23,30,36H,13-16,18-19,33H2,(H,34,38)(H,35,37). The third kappa shape index (κ3) is 7.16. The zero-order chi connectivity index (χ0) is 29.3. The van der Waals surface area contributed by atoms with Gasteiger partial charge in [-0.25, -0.2) is 0 Å². The number of hydrogen-bond donors (Lipinski definition) is 4. The molecule has 3 aromatic carbocycles. The molecule has 42 heavy (non-hydrogen) atoms. The molecule has 5 N–H and O–H groups in total. The van der Waals surface area contributed by atoms with Gasteiger partial charge in [-0.2, -0.15) is 0 Å². The summed E-state index contributed by atoms with van der Waals surface area (Å²) in [4.78, 5) is 25.8. The van der Waals surface area contributed by atoms with Crippen molar-refractivity contribution in [1.82, 2.24) is 5.32 Å². The first-order chi connectivity index (χ1) is 20.5. The maximum absolute atomic E-state index is 13.2. The molecule has 0 spiro atoms. The third-order valence-electron chi connectivity index (χ3n) is 6.84. The van der Waals surface area contributed by atoms with Crippen LogP contribution < -0.4 is 16.4 Å². The predicted molar refractivity (Wildman–Crippen MR) is 157 cm³/mol. The number of allylic oxidation sites excluding steroid dienone is 1. The number of nitrogens with two attached hydrogens (primary N) is 1. The fourth-order valence-electron chi connectivity index (χ4n) is 4.67. The molecule has 0 bridgehead atoms. The van der Waals surface area contributed by atoms with Crippen molar-refractivity contribution >= 4 is 34.2 Å². The van der Waals surface area contributed by atoms with Crippen LogP contribution in [-0.2, 0) is 25.5 Å². The molecule has 10 heteroatoms. The van der Waals surface area contributed by atoms with Crippen LogP contribution in [0, 0.1) is 0 Å². The normalized spacial score (nSPS) is 16.5. The lowest BCUT2D eigenvalue weighted by Crippen LogP contribution is -2.33. The number of nitrogens with one attached hydrogen (secondary N) is 2. The van der Waals surface area contributed by atoms with E-state index in [1.165, 1.54) is 0 Å². The van der Waals surface area contributed by atoms with E-state index in [9.17, 15) is 9.59 Å². The van der Waals surface area contributed by atoms with Gasteiger partial charge in [0.25, 0.3) is 11.8 Å². The van der Waals surface area contributed by atoms with Crippen molar-refractivity contribution in [3.63, 3.8) is 0 Å². The first-order valence-electron chi connectivity index (χ1n) is 13.7. The fraction of sp³-hybridized carbons (Fsp3) is 0.250. The van der Waals surface area contributed by atoms with Crippen molar-refractivity contribution in [2.45, 2.75) is 25.2 Å². The molecule has 2 heterocycles. The minimum Gasteiger partial charge on any atom is -0.464 e. The van der Waals surface area contributed by atoms with Crippen molar-refractivity contribution in [3.8, 4) is 0 Å². The highest BCUT2D eigenvalue weighted by Crippen LogP contribution is 2.36. The molecule has 1 aliphatic heterocycles. The monoisotopic (exact) mass is 571 g/mol. The van der Waals surface area contributed by atoms with Gasteiger partial charge in [0, 0.05) is 35.4 Å². The first-order valence-corrected chi connectivity index (χ1v) is 13.7. The first kappa shape index (κ1) is 28.9. The van der Waals surface area contributed by atoms with E-state index < -0.39 is 6.29 Å². The number of aliphatic hydroxyl groups is 1. The predicted octanol–water partition coefficient (Wildman–Crippen LogP) is 4.32. The van der Waals surface area contributed by atoms with Crippen LogP contribution >= 0.6 is 0 Å². The number of aliphatic hydroxyl groups excluding tert-OH is 1. The lowest BCUT2D eigenvalue weighted by molar-refractivity contribution is -0.151. The van der Waals surface area contributed by atoms with Gasteiger partial charge in [0.2, 0.25) is 6.29 Å². The highest BCUT2D eigenvalue weighted by Gasteiger charge is 2.30. The van der Waals surface area contributed by atoms with Gasteiger partial charge in [0.05, 0.1) is 44.1 Å². The van der Waals surface area contributed by atoms with Crippen LogP contribution in [0.5, 0.6) is 0 Å². The van der Waals surface area contributed by atoms with Crippen molar-refractivity contribution in [2.75, 3.05) is 37.5 Å². The summed E-state index contributed by atoms with van der Waals surface area (Å²) in [6.45, 7) is 0.917. The Bertz CT molecular complexity index is 1550. The van der Waals surface area contributed by atoms with Gasteiger partial charge in [-0.1, -0.05) is 42.5 Å². The molecule has 2 amide bonds. The lowest BCUT2D eigenvalue weighted by atomic mass is 9.92. The molecule has 10 nitrogen and oxygen atoms in total. The number of carbonyl (C=O) groups excluding carboxylic acids is 2. The molecule has 5 rings (SSSR count). The van der Waals surface area contributed by atoms with Gasteiger partial charge in [0.1, 0.15) is 5.58 Å². The fourth-order valence-corrected chi connectivity index (χ4v) is 4.67. The summed E-state index contributed by atoms with van der Waals surface area (Å²) in [7, 11) is 0. The minimum atomic E-state index is -0.677. The average Bonchev–Trinajstić information content (AvgIpc) is 3.45. The third-order valence-corrected chi connectivity index (χ3v) is 6.84. The van der Waals surface area contributed by atoms with E-state index in [1.807, 2.05) is 24.3 Å². The van der Waals surface area contributed by atoms with Crippen LogP contribution in [0.3, 0.4) is 0 Å². The number of carbonyl (C=O) groups is 2. The maximum atomic E-state index is 13.2.